The van der Waals surface area contributed by atoms with Crippen LogP contribution in [0.3, 0.4) is 0 Å². The standard InChI is InChI=1S/C54H35IN2/c55-54-44(40-26-30-52-48(34-40)46-32-38(36-14-5-1-6-15-36)24-28-50(46)56(52)42-18-9-3-10-19-42)22-13-23-45(54)41-27-31-53-49(35-41)47-33-39(37-16-7-2-8-17-37)25-29-51(47)57(53)43-20-11-4-12-21-43/h1-35H. The van der Waals surface area contributed by atoms with Crippen LogP contribution in [0.5, 0.6) is 0 Å². The third-order valence-electron chi connectivity index (χ3n) is 11.4. The number of halogens is 1. The number of benzene rings is 9. The van der Waals surface area contributed by atoms with Crippen molar-refractivity contribution in [3.05, 3.63) is 216 Å². The van der Waals surface area contributed by atoms with Crippen LogP contribution in [0.25, 0.3) is 99.5 Å². The van der Waals surface area contributed by atoms with Crippen LogP contribution in [0.4, 0.5) is 0 Å². The minimum atomic E-state index is 1.16. The Morgan fingerprint density at radius 1 is 0.263 bits per heavy atom. The zero-order valence-electron chi connectivity index (χ0n) is 31.0. The molecular formula is C54H35IN2. The molecule has 0 saturated heterocycles. The molecule has 57 heavy (non-hydrogen) atoms. The summed E-state index contributed by atoms with van der Waals surface area (Å²) in [5.74, 6) is 0. The maximum absolute atomic E-state index is 2.58. The van der Waals surface area contributed by atoms with E-state index in [-0.39, 0.29) is 0 Å². The van der Waals surface area contributed by atoms with Crippen LogP contribution in [-0.2, 0) is 0 Å². The summed E-state index contributed by atoms with van der Waals surface area (Å²) in [6, 6.07) is 77.3. The number of para-hydroxylation sites is 2. The second-order valence-electron chi connectivity index (χ2n) is 14.7. The van der Waals surface area contributed by atoms with Gasteiger partial charge in [0.2, 0.25) is 0 Å². The maximum Gasteiger partial charge on any atom is 0.0541 e. The molecule has 0 fully saturated rings. The van der Waals surface area contributed by atoms with Gasteiger partial charge in [-0.15, -0.1) is 0 Å². The highest BCUT2D eigenvalue weighted by atomic mass is 127. The first kappa shape index (κ1) is 33.6. The molecule has 0 aliphatic rings. The molecular weight excluding hydrogens is 804 g/mol. The summed E-state index contributed by atoms with van der Waals surface area (Å²) >= 11 is 2.58. The Morgan fingerprint density at radius 2 is 0.579 bits per heavy atom. The fourth-order valence-electron chi connectivity index (χ4n) is 8.69. The van der Waals surface area contributed by atoms with Crippen molar-refractivity contribution in [3.8, 4) is 55.9 Å². The largest absolute Gasteiger partial charge is 0.309 e. The van der Waals surface area contributed by atoms with Gasteiger partial charge in [-0.05, 0) is 140 Å². The molecule has 2 nitrogen and oxygen atoms in total. The molecule has 0 spiro atoms. The van der Waals surface area contributed by atoms with Gasteiger partial charge < -0.3 is 9.13 Å². The van der Waals surface area contributed by atoms with Gasteiger partial charge in [0, 0.05) is 36.5 Å². The van der Waals surface area contributed by atoms with Crippen LogP contribution < -0.4 is 0 Å². The SMILES string of the molecule is Ic1c(-c2ccc3c(c2)c2cc(-c4ccccc4)ccc2n3-c2ccccc2)cccc1-c1ccc2c(c1)c1cc(-c3ccccc3)ccc1n2-c1ccccc1. The van der Waals surface area contributed by atoms with E-state index in [1.807, 2.05) is 0 Å². The normalized spacial score (nSPS) is 11.6. The molecule has 11 rings (SSSR count). The Hall–Kier alpha value is -6.69. The summed E-state index contributed by atoms with van der Waals surface area (Å²) in [4.78, 5) is 0. The molecule has 0 aliphatic carbocycles. The van der Waals surface area contributed by atoms with Crippen LogP contribution in [0.1, 0.15) is 0 Å². The molecule has 0 atom stereocenters. The second-order valence-corrected chi connectivity index (χ2v) is 15.7. The van der Waals surface area contributed by atoms with Crippen molar-refractivity contribution in [1.29, 1.82) is 0 Å². The molecule has 0 radical (unpaired) electrons. The van der Waals surface area contributed by atoms with Crippen molar-refractivity contribution in [3.63, 3.8) is 0 Å². The second kappa shape index (κ2) is 13.8. The van der Waals surface area contributed by atoms with E-state index in [2.05, 4.69) is 244 Å². The van der Waals surface area contributed by atoms with E-state index >= 15 is 0 Å². The Kier molecular flexibility index (Phi) is 8.14. The first-order valence-electron chi connectivity index (χ1n) is 19.4. The van der Waals surface area contributed by atoms with E-state index in [4.69, 9.17) is 0 Å². The van der Waals surface area contributed by atoms with Gasteiger partial charge in [0.1, 0.15) is 0 Å². The predicted molar refractivity (Wildman–Crippen MR) is 250 cm³/mol. The highest BCUT2D eigenvalue weighted by Gasteiger charge is 2.18. The van der Waals surface area contributed by atoms with Crippen LogP contribution in [0.15, 0.2) is 212 Å². The molecule has 3 heteroatoms. The van der Waals surface area contributed by atoms with E-state index in [1.54, 1.807) is 0 Å². The van der Waals surface area contributed by atoms with E-state index < -0.39 is 0 Å². The third kappa shape index (κ3) is 5.69. The van der Waals surface area contributed by atoms with Crippen LogP contribution in [0.2, 0.25) is 0 Å². The summed E-state index contributed by atoms with van der Waals surface area (Å²) < 4.78 is 6.03. The zero-order valence-corrected chi connectivity index (χ0v) is 33.1. The molecule has 0 bridgehead atoms. The zero-order chi connectivity index (χ0) is 37.9. The monoisotopic (exact) mass is 838 g/mol. The summed E-state index contributed by atoms with van der Waals surface area (Å²) in [5.41, 5.74) is 16.9. The average molecular weight is 839 g/mol. The average Bonchev–Trinajstić information content (AvgIpc) is 3.79. The van der Waals surface area contributed by atoms with Gasteiger partial charge in [-0.25, -0.2) is 0 Å². The maximum atomic E-state index is 2.58. The predicted octanol–water partition coefficient (Wildman–Crippen LogP) is 15.2. The van der Waals surface area contributed by atoms with E-state index in [0.29, 0.717) is 0 Å². The highest BCUT2D eigenvalue weighted by molar-refractivity contribution is 14.1. The molecule has 0 unspecified atom stereocenters. The number of nitrogens with zero attached hydrogens (tertiary/aromatic N) is 2. The lowest BCUT2D eigenvalue weighted by Crippen LogP contribution is -1.94. The van der Waals surface area contributed by atoms with Crippen molar-refractivity contribution in [1.82, 2.24) is 9.13 Å². The third-order valence-corrected chi connectivity index (χ3v) is 12.6. The first-order valence-corrected chi connectivity index (χ1v) is 20.4. The van der Waals surface area contributed by atoms with Crippen LogP contribution in [0, 0.1) is 3.57 Å². The number of aromatic nitrogens is 2. The molecule has 0 N–H and O–H groups in total. The number of hydrogen-bond acceptors (Lipinski definition) is 0. The number of hydrogen-bond donors (Lipinski definition) is 0. The Balaban J connectivity index is 1.08. The van der Waals surface area contributed by atoms with Gasteiger partial charge in [0.15, 0.2) is 0 Å². The summed E-state index contributed by atoms with van der Waals surface area (Å²) in [6.07, 6.45) is 0. The van der Waals surface area contributed by atoms with Gasteiger partial charge in [-0.1, -0.05) is 140 Å². The lowest BCUT2D eigenvalue weighted by Gasteiger charge is -2.12. The van der Waals surface area contributed by atoms with E-state index in [1.165, 1.54) is 91.7 Å². The number of fused-ring (bicyclic) bond motifs is 6. The summed E-state index contributed by atoms with van der Waals surface area (Å²) in [6.45, 7) is 0. The smallest absolute Gasteiger partial charge is 0.0541 e. The minimum Gasteiger partial charge on any atom is -0.309 e. The molecule has 11 aromatic rings. The van der Waals surface area contributed by atoms with Gasteiger partial charge in [0.05, 0.1) is 22.1 Å². The quantitative estimate of drug-likeness (QED) is 0.148. The topological polar surface area (TPSA) is 9.86 Å². The van der Waals surface area contributed by atoms with Crippen molar-refractivity contribution >= 4 is 66.2 Å². The van der Waals surface area contributed by atoms with Crippen molar-refractivity contribution in [2.24, 2.45) is 0 Å². The Bertz CT molecular complexity index is 3050. The van der Waals surface area contributed by atoms with Crippen LogP contribution in [-0.4, -0.2) is 9.13 Å². The van der Waals surface area contributed by atoms with Crippen LogP contribution >= 0.6 is 22.6 Å². The van der Waals surface area contributed by atoms with Crippen molar-refractivity contribution in [2.45, 2.75) is 0 Å². The van der Waals surface area contributed by atoms with Crippen molar-refractivity contribution < 1.29 is 0 Å². The molecule has 2 aromatic heterocycles. The molecule has 0 aliphatic heterocycles. The molecule has 2 heterocycles. The fourth-order valence-corrected chi connectivity index (χ4v) is 9.67. The molecule has 0 saturated carbocycles. The van der Waals surface area contributed by atoms with Gasteiger partial charge in [-0.3, -0.25) is 0 Å². The molecule has 268 valence electrons. The lowest BCUT2D eigenvalue weighted by molar-refractivity contribution is 1.18. The van der Waals surface area contributed by atoms with Gasteiger partial charge >= 0.3 is 0 Å². The molecule has 9 aromatic carbocycles. The van der Waals surface area contributed by atoms with E-state index in [9.17, 15) is 0 Å². The van der Waals surface area contributed by atoms with Gasteiger partial charge in [0.25, 0.3) is 0 Å². The van der Waals surface area contributed by atoms with Gasteiger partial charge in [-0.2, -0.15) is 0 Å². The minimum absolute atomic E-state index is 1.16. The Labute approximate surface area is 345 Å². The number of rotatable bonds is 6. The van der Waals surface area contributed by atoms with E-state index in [0.717, 1.165) is 11.4 Å². The fraction of sp³-hybridized carbons (Fsp3) is 0. The summed E-state index contributed by atoms with van der Waals surface area (Å²) in [5, 5.41) is 4.99. The summed E-state index contributed by atoms with van der Waals surface area (Å²) in [7, 11) is 0. The highest BCUT2D eigenvalue weighted by Crippen LogP contribution is 2.42. The lowest BCUT2D eigenvalue weighted by atomic mass is 9.96. The Morgan fingerprint density at radius 3 is 0.947 bits per heavy atom. The first-order chi connectivity index (χ1) is 28.2. The van der Waals surface area contributed by atoms with Crippen molar-refractivity contribution in [2.75, 3.05) is 0 Å². The molecule has 0 amide bonds.